The van der Waals surface area contributed by atoms with E-state index in [1.54, 1.807) is 30.3 Å². The number of benzene rings is 2. The van der Waals surface area contributed by atoms with Crippen LogP contribution in [0.5, 0.6) is 11.5 Å². The molecular weight excluding hydrogens is 322 g/mol. The van der Waals surface area contributed by atoms with E-state index in [2.05, 4.69) is 5.32 Å². The topological polar surface area (TPSA) is 77.8 Å². The van der Waals surface area contributed by atoms with Gasteiger partial charge in [-0.15, -0.1) is 0 Å². The van der Waals surface area contributed by atoms with Crippen molar-refractivity contribution in [3.05, 3.63) is 70.1 Å². The van der Waals surface area contributed by atoms with Crippen molar-refractivity contribution in [2.75, 3.05) is 13.2 Å². The van der Waals surface area contributed by atoms with Crippen molar-refractivity contribution in [2.45, 2.75) is 6.54 Å². The maximum absolute atomic E-state index is 12.3. The quantitative estimate of drug-likeness (QED) is 0.743. The van der Waals surface area contributed by atoms with Crippen LogP contribution in [0.25, 0.3) is 11.0 Å². The molecule has 6 heteroatoms. The van der Waals surface area contributed by atoms with Gasteiger partial charge in [-0.2, -0.15) is 0 Å². The van der Waals surface area contributed by atoms with Gasteiger partial charge < -0.3 is 19.2 Å². The third kappa shape index (κ3) is 3.06. The van der Waals surface area contributed by atoms with E-state index in [1.807, 2.05) is 18.2 Å². The first-order valence-corrected chi connectivity index (χ1v) is 7.90. The molecule has 0 unspecified atom stereocenters. The van der Waals surface area contributed by atoms with Crippen LogP contribution >= 0.6 is 0 Å². The highest BCUT2D eigenvalue weighted by atomic mass is 16.6. The highest BCUT2D eigenvalue weighted by molar-refractivity contribution is 5.96. The molecule has 0 radical (unpaired) electrons. The molecule has 0 saturated heterocycles. The maximum Gasteiger partial charge on any atom is 0.349 e. The molecule has 1 N–H and O–H groups in total. The minimum absolute atomic E-state index is 0.0174. The molecule has 25 heavy (non-hydrogen) atoms. The molecule has 1 aliphatic heterocycles. The van der Waals surface area contributed by atoms with Crippen molar-refractivity contribution in [3.63, 3.8) is 0 Å². The molecule has 0 aliphatic carbocycles. The van der Waals surface area contributed by atoms with Gasteiger partial charge in [-0.25, -0.2) is 4.79 Å². The number of carbonyl (C=O) groups excluding carboxylic acids is 1. The largest absolute Gasteiger partial charge is 0.486 e. The predicted molar refractivity (Wildman–Crippen MR) is 91.1 cm³/mol. The second-order valence-electron chi connectivity index (χ2n) is 5.65. The van der Waals surface area contributed by atoms with E-state index in [1.165, 1.54) is 0 Å². The fourth-order valence-corrected chi connectivity index (χ4v) is 2.70. The second kappa shape index (κ2) is 6.32. The smallest absolute Gasteiger partial charge is 0.349 e. The Morgan fingerprint density at radius 1 is 1.00 bits per heavy atom. The molecule has 1 amide bonds. The van der Waals surface area contributed by atoms with Gasteiger partial charge in [0.1, 0.15) is 24.4 Å². The summed E-state index contributed by atoms with van der Waals surface area (Å²) in [5, 5.41) is 3.43. The molecule has 4 rings (SSSR count). The fourth-order valence-electron chi connectivity index (χ4n) is 2.70. The molecule has 1 aliphatic rings. The monoisotopic (exact) mass is 337 g/mol. The lowest BCUT2D eigenvalue weighted by atomic mass is 10.1. The molecule has 0 saturated carbocycles. The fraction of sp³-hybridized carbons (Fsp3) is 0.158. The number of carbonyl (C=O) groups is 1. The van der Waals surface area contributed by atoms with Gasteiger partial charge in [-0.3, -0.25) is 4.79 Å². The third-order valence-corrected chi connectivity index (χ3v) is 3.95. The van der Waals surface area contributed by atoms with E-state index in [0.29, 0.717) is 35.7 Å². The van der Waals surface area contributed by atoms with Crippen LogP contribution in [-0.4, -0.2) is 19.1 Å². The zero-order chi connectivity index (χ0) is 17.2. The lowest BCUT2D eigenvalue weighted by molar-refractivity contribution is 0.0947. The summed E-state index contributed by atoms with van der Waals surface area (Å²) in [6, 6.07) is 14.1. The van der Waals surface area contributed by atoms with Crippen molar-refractivity contribution in [2.24, 2.45) is 0 Å². The van der Waals surface area contributed by atoms with Crippen LogP contribution in [-0.2, 0) is 6.54 Å². The molecule has 0 bridgehead atoms. The summed E-state index contributed by atoms with van der Waals surface area (Å²) in [7, 11) is 0. The number of nitrogens with one attached hydrogen (secondary N) is 1. The van der Waals surface area contributed by atoms with Gasteiger partial charge in [-0.1, -0.05) is 24.3 Å². The average Bonchev–Trinajstić information content (AvgIpc) is 2.65. The van der Waals surface area contributed by atoms with Gasteiger partial charge >= 0.3 is 5.63 Å². The Labute approximate surface area is 143 Å². The number of hydrogen-bond acceptors (Lipinski definition) is 5. The van der Waals surface area contributed by atoms with Crippen LogP contribution in [0.3, 0.4) is 0 Å². The van der Waals surface area contributed by atoms with E-state index in [9.17, 15) is 9.59 Å². The molecule has 1 aromatic heterocycles. The van der Waals surface area contributed by atoms with E-state index in [0.717, 1.165) is 5.56 Å². The van der Waals surface area contributed by atoms with Crippen molar-refractivity contribution in [1.29, 1.82) is 0 Å². The Morgan fingerprint density at radius 3 is 2.68 bits per heavy atom. The number of rotatable bonds is 3. The average molecular weight is 337 g/mol. The van der Waals surface area contributed by atoms with Crippen molar-refractivity contribution >= 4 is 16.9 Å². The summed E-state index contributed by atoms with van der Waals surface area (Å²) in [4.78, 5) is 24.4. The molecule has 126 valence electrons. The zero-order valence-electron chi connectivity index (χ0n) is 13.3. The lowest BCUT2D eigenvalue weighted by Gasteiger charge is -2.18. The van der Waals surface area contributed by atoms with Crippen molar-refractivity contribution < 1.29 is 18.7 Å². The summed E-state index contributed by atoms with van der Waals surface area (Å²) in [5.74, 6) is 0.870. The van der Waals surface area contributed by atoms with Crippen molar-refractivity contribution in [3.8, 4) is 11.5 Å². The van der Waals surface area contributed by atoms with Crippen LogP contribution < -0.4 is 20.4 Å². The molecular formula is C19H15NO5. The maximum atomic E-state index is 12.3. The normalized spacial score (nSPS) is 12.8. The number of para-hydroxylation sites is 1. The van der Waals surface area contributed by atoms with Gasteiger partial charge in [0.25, 0.3) is 5.91 Å². The summed E-state index contributed by atoms with van der Waals surface area (Å²) < 4.78 is 16.2. The first kappa shape index (κ1) is 15.3. The van der Waals surface area contributed by atoms with Gasteiger partial charge in [0, 0.05) is 11.9 Å². The Morgan fingerprint density at radius 2 is 1.80 bits per heavy atom. The van der Waals surface area contributed by atoms with Crippen LogP contribution in [0.15, 0.2) is 57.7 Å². The minimum atomic E-state index is -0.654. The van der Waals surface area contributed by atoms with Gasteiger partial charge in [0.15, 0.2) is 11.5 Å². The summed E-state index contributed by atoms with van der Waals surface area (Å²) in [6.45, 7) is 1.30. The summed E-state index contributed by atoms with van der Waals surface area (Å²) >= 11 is 0. The standard InChI is InChI=1S/C19H15NO5/c21-18(14-10-13-3-1-2-4-15(13)25-19(14)22)20-11-12-5-6-16-17(9-12)24-8-7-23-16/h1-6,9-10H,7-8,11H2,(H,20,21). The Kier molecular flexibility index (Phi) is 3.85. The molecule has 3 aromatic rings. The molecule has 0 atom stereocenters. The Bertz CT molecular complexity index is 1010. The number of amides is 1. The van der Waals surface area contributed by atoms with Crippen molar-refractivity contribution in [1.82, 2.24) is 5.32 Å². The predicted octanol–water partition coefficient (Wildman–Crippen LogP) is 2.49. The first-order valence-electron chi connectivity index (χ1n) is 7.90. The van der Waals surface area contributed by atoms with Gasteiger partial charge in [0.2, 0.25) is 0 Å². The van der Waals surface area contributed by atoms with Crippen LogP contribution in [0, 0.1) is 0 Å². The highest BCUT2D eigenvalue weighted by Gasteiger charge is 2.15. The Balaban J connectivity index is 1.52. The van der Waals surface area contributed by atoms with E-state index in [4.69, 9.17) is 13.9 Å². The highest BCUT2D eigenvalue weighted by Crippen LogP contribution is 2.30. The number of hydrogen-bond donors (Lipinski definition) is 1. The van der Waals surface area contributed by atoms with E-state index < -0.39 is 11.5 Å². The minimum Gasteiger partial charge on any atom is -0.486 e. The number of ether oxygens (including phenoxy) is 2. The Hall–Kier alpha value is -3.28. The van der Waals surface area contributed by atoms with E-state index in [-0.39, 0.29) is 12.1 Å². The van der Waals surface area contributed by atoms with Crippen LogP contribution in [0.2, 0.25) is 0 Å². The van der Waals surface area contributed by atoms with Gasteiger partial charge in [-0.05, 0) is 29.8 Å². The molecule has 0 fully saturated rings. The van der Waals surface area contributed by atoms with Crippen LogP contribution in [0.4, 0.5) is 0 Å². The lowest BCUT2D eigenvalue weighted by Crippen LogP contribution is -2.28. The molecule has 0 spiro atoms. The zero-order valence-corrected chi connectivity index (χ0v) is 13.3. The third-order valence-electron chi connectivity index (χ3n) is 3.95. The first-order chi connectivity index (χ1) is 12.2. The summed E-state index contributed by atoms with van der Waals surface area (Å²) in [5.41, 5.74) is 0.633. The molecule has 6 nitrogen and oxygen atoms in total. The molecule has 2 heterocycles. The number of fused-ring (bicyclic) bond motifs is 2. The van der Waals surface area contributed by atoms with Crippen LogP contribution in [0.1, 0.15) is 15.9 Å². The SMILES string of the molecule is O=C(NCc1ccc2c(c1)OCCO2)c1cc2ccccc2oc1=O. The van der Waals surface area contributed by atoms with E-state index >= 15 is 0 Å². The second-order valence-corrected chi connectivity index (χ2v) is 5.65. The molecule has 2 aromatic carbocycles. The summed E-state index contributed by atoms with van der Waals surface area (Å²) in [6.07, 6.45) is 0. The van der Waals surface area contributed by atoms with Gasteiger partial charge in [0.05, 0.1) is 0 Å².